The first-order valence-electron chi connectivity index (χ1n) is 12.4. The Balaban J connectivity index is 1.34. The summed E-state index contributed by atoms with van der Waals surface area (Å²) in [4.78, 5) is 21.4. The zero-order valence-electron chi connectivity index (χ0n) is 20.9. The number of hydrogen-bond acceptors (Lipinski definition) is 4. The quantitative estimate of drug-likeness (QED) is 0.276. The van der Waals surface area contributed by atoms with E-state index in [0.29, 0.717) is 28.2 Å². The van der Waals surface area contributed by atoms with Gasteiger partial charge in [0.15, 0.2) is 0 Å². The van der Waals surface area contributed by atoms with Gasteiger partial charge in [-0.3, -0.25) is 4.79 Å². The van der Waals surface area contributed by atoms with E-state index in [-0.39, 0.29) is 19.1 Å². The van der Waals surface area contributed by atoms with E-state index in [1.165, 1.54) is 12.1 Å². The molecule has 0 bridgehead atoms. The van der Waals surface area contributed by atoms with Crippen molar-refractivity contribution in [2.45, 2.75) is 32.9 Å². The maximum absolute atomic E-state index is 14.6. The van der Waals surface area contributed by atoms with E-state index in [1.54, 1.807) is 12.1 Å². The molecule has 0 radical (unpaired) electrons. The lowest BCUT2D eigenvalue weighted by Crippen LogP contribution is -2.08. The number of aromatic nitrogens is 3. The van der Waals surface area contributed by atoms with E-state index in [1.807, 2.05) is 60.9 Å². The maximum atomic E-state index is 14.6. The predicted molar refractivity (Wildman–Crippen MR) is 139 cm³/mol. The first kappa shape index (κ1) is 24.0. The number of pyridine rings is 1. The van der Waals surface area contributed by atoms with Gasteiger partial charge < -0.3 is 14.4 Å². The van der Waals surface area contributed by atoms with Crippen LogP contribution in [0.3, 0.4) is 0 Å². The van der Waals surface area contributed by atoms with Crippen molar-refractivity contribution in [2.75, 3.05) is 0 Å². The number of nitrogens with zero attached hydrogens (tertiary/aromatic N) is 3. The molecule has 8 heteroatoms. The molecule has 0 amide bonds. The van der Waals surface area contributed by atoms with E-state index < -0.39 is 28.9 Å². The molecule has 2 aromatic heterocycles. The summed E-state index contributed by atoms with van der Waals surface area (Å²) in [5, 5.41) is 10.8. The van der Waals surface area contributed by atoms with Crippen LogP contribution in [-0.4, -0.2) is 25.6 Å². The van der Waals surface area contributed by atoms with Crippen molar-refractivity contribution in [1.29, 1.82) is 0 Å². The van der Waals surface area contributed by atoms with Crippen LogP contribution < -0.4 is 4.74 Å². The number of hydrogen-bond donors (Lipinski definition) is 1. The number of fused-ring (bicyclic) bond motifs is 2. The molecule has 1 aliphatic carbocycles. The molecule has 6 rings (SSSR count). The highest BCUT2D eigenvalue weighted by Crippen LogP contribution is 2.64. The van der Waals surface area contributed by atoms with E-state index in [2.05, 4.69) is 4.98 Å². The summed E-state index contributed by atoms with van der Waals surface area (Å²) in [7, 11) is 0. The summed E-state index contributed by atoms with van der Waals surface area (Å²) in [6.45, 7) is 4.15. The molecule has 1 fully saturated rings. The minimum Gasteiger partial charge on any atom is -0.487 e. The molecule has 1 aliphatic rings. The highest BCUT2D eigenvalue weighted by molar-refractivity contribution is 5.81. The van der Waals surface area contributed by atoms with Crippen molar-refractivity contribution in [3.8, 4) is 5.75 Å². The van der Waals surface area contributed by atoms with Crippen molar-refractivity contribution < 1.29 is 23.4 Å². The summed E-state index contributed by atoms with van der Waals surface area (Å²) in [5.41, 5.74) is 2.78. The fraction of sp³-hybridized carbons (Fsp3) is 0.233. The Hall–Kier alpha value is -4.33. The fourth-order valence-electron chi connectivity index (χ4n) is 5.37. The monoisotopic (exact) mass is 513 g/mol. The zero-order valence-corrected chi connectivity index (χ0v) is 20.9. The van der Waals surface area contributed by atoms with Crippen LogP contribution in [0.1, 0.15) is 36.8 Å². The van der Waals surface area contributed by atoms with Crippen LogP contribution >= 0.6 is 0 Å². The third-order valence-electron chi connectivity index (χ3n) is 7.51. The molecule has 192 valence electrons. The van der Waals surface area contributed by atoms with Crippen molar-refractivity contribution in [3.63, 3.8) is 0 Å². The topological polar surface area (TPSA) is 77.2 Å². The van der Waals surface area contributed by atoms with Gasteiger partial charge in [-0.25, -0.2) is 18.7 Å². The molecule has 6 nitrogen and oxygen atoms in total. The van der Waals surface area contributed by atoms with Crippen molar-refractivity contribution in [2.24, 2.45) is 11.3 Å². The average Bonchev–Trinajstić information content (AvgIpc) is 3.31. The second kappa shape index (κ2) is 8.90. The molecule has 38 heavy (non-hydrogen) atoms. The van der Waals surface area contributed by atoms with Crippen molar-refractivity contribution >= 4 is 27.9 Å². The Kier molecular flexibility index (Phi) is 5.63. The SMILES string of the molecule is CC1(C)C(C(=O)O)C1c1nc2cc(OCc3ccc4ccccc4n3)ccc2n1Cc1ccc(F)cc1F. The molecule has 2 heterocycles. The average molecular weight is 514 g/mol. The predicted octanol–water partition coefficient (Wildman–Crippen LogP) is 6.31. The zero-order chi connectivity index (χ0) is 26.6. The van der Waals surface area contributed by atoms with Gasteiger partial charge in [0.2, 0.25) is 0 Å². The lowest BCUT2D eigenvalue weighted by atomic mass is 10.1. The molecule has 5 aromatic rings. The lowest BCUT2D eigenvalue weighted by Gasteiger charge is -2.12. The first-order chi connectivity index (χ1) is 18.2. The smallest absolute Gasteiger partial charge is 0.307 e. The second-order valence-corrected chi connectivity index (χ2v) is 10.3. The largest absolute Gasteiger partial charge is 0.487 e. The van der Waals surface area contributed by atoms with Crippen molar-refractivity contribution in [3.05, 3.63) is 102 Å². The Labute approximate surface area is 217 Å². The van der Waals surface area contributed by atoms with E-state index >= 15 is 0 Å². The standard InChI is InChI=1S/C30H25F2N3O3/c1-30(2)26(27(30)29(36)37)28-34-24-14-21(38-16-20-10-8-17-5-3-4-6-23(17)33-20)11-12-25(24)35(28)15-18-7-9-19(31)13-22(18)32/h3-14,26-27H,15-16H2,1-2H3,(H,36,37). The molecule has 0 aliphatic heterocycles. The maximum Gasteiger partial charge on any atom is 0.307 e. The number of rotatable bonds is 7. The van der Waals surface area contributed by atoms with Crippen molar-refractivity contribution in [1.82, 2.24) is 14.5 Å². The molecule has 2 unspecified atom stereocenters. The van der Waals surface area contributed by atoms with Gasteiger partial charge in [-0.15, -0.1) is 0 Å². The van der Waals surface area contributed by atoms with Gasteiger partial charge in [0.05, 0.1) is 34.7 Å². The molecule has 3 aromatic carbocycles. The van der Waals surface area contributed by atoms with Crippen LogP contribution in [0.5, 0.6) is 5.75 Å². The van der Waals surface area contributed by atoms with Gasteiger partial charge in [-0.05, 0) is 35.7 Å². The molecule has 2 atom stereocenters. The number of carboxylic acid groups (broad SMARTS) is 1. The minimum absolute atomic E-state index is 0.0953. The number of para-hydroxylation sites is 1. The van der Waals surface area contributed by atoms with E-state index in [4.69, 9.17) is 9.72 Å². The number of carboxylic acids is 1. The third-order valence-corrected chi connectivity index (χ3v) is 7.51. The highest BCUT2D eigenvalue weighted by atomic mass is 19.1. The Morgan fingerprint density at radius 1 is 1.00 bits per heavy atom. The number of imidazole rings is 1. The molecule has 1 N–H and O–H groups in total. The Morgan fingerprint density at radius 2 is 1.82 bits per heavy atom. The van der Waals surface area contributed by atoms with Gasteiger partial charge in [-0.1, -0.05) is 44.2 Å². The number of carbonyl (C=O) groups is 1. The van der Waals surface area contributed by atoms with Gasteiger partial charge in [0.1, 0.15) is 29.8 Å². The third kappa shape index (κ3) is 4.16. The number of benzene rings is 3. The van der Waals surface area contributed by atoms with Crippen LogP contribution in [-0.2, 0) is 17.9 Å². The van der Waals surface area contributed by atoms with E-state index in [0.717, 1.165) is 22.7 Å². The molecule has 0 saturated heterocycles. The second-order valence-electron chi connectivity index (χ2n) is 10.3. The molecular formula is C30H25F2N3O3. The van der Waals surface area contributed by atoms with Gasteiger partial charge in [0, 0.05) is 29.0 Å². The van der Waals surface area contributed by atoms with Gasteiger partial charge >= 0.3 is 5.97 Å². The van der Waals surface area contributed by atoms with Crippen LogP contribution in [0.15, 0.2) is 72.8 Å². The normalized spacial score (nSPS) is 18.1. The fourth-order valence-corrected chi connectivity index (χ4v) is 5.37. The lowest BCUT2D eigenvalue weighted by molar-refractivity contribution is -0.139. The molecule has 1 saturated carbocycles. The minimum atomic E-state index is -0.890. The van der Waals surface area contributed by atoms with Crippen LogP contribution in [0.2, 0.25) is 0 Å². The van der Waals surface area contributed by atoms with Crippen LogP contribution in [0, 0.1) is 23.0 Å². The number of ether oxygens (including phenoxy) is 1. The van der Waals surface area contributed by atoms with Gasteiger partial charge in [0.25, 0.3) is 0 Å². The summed E-state index contributed by atoms with van der Waals surface area (Å²) < 4.78 is 35.9. The number of halogens is 2. The summed E-state index contributed by atoms with van der Waals surface area (Å²) in [6.07, 6.45) is 0. The molecular weight excluding hydrogens is 488 g/mol. The Bertz CT molecular complexity index is 1710. The summed E-state index contributed by atoms with van der Waals surface area (Å²) in [5.74, 6) is -2.01. The van der Waals surface area contributed by atoms with Crippen LogP contribution in [0.4, 0.5) is 8.78 Å². The Morgan fingerprint density at radius 3 is 2.58 bits per heavy atom. The van der Waals surface area contributed by atoms with Gasteiger partial charge in [-0.2, -0.15) is 0 Å². The molecule has 0 spiro atoms. The van der Waals surface area contributed by atoms with Crippen LogP contribution in [0.25, 0.3) is 21.9 Å². The summed E-state index contributed by atoms with van der Waals surface area (Å²) in [6, 6.07) is 20.7. The highest BCUT2D eigenvalue weighted by Gasteiger charge is 2.64. The van der Waals surface area contributed by atoms with E-state index in [9.17, 15) is 18.7 Å². The first-order valence-corrected chi connectivity index (χ1v) is 12.4. The summed E-state index contributed by atoms with van der Waals surface area (Å²) >= 11 is 0. The number of aliphatic carboxylic acids is 1.